The predicted octanol–water partition coefficient (Wildman–Crippen LogP) is 5.47. The summed E-state index contributed by atoms with van der Waals surface area (Å²) >= 11 is 0. The summed E-state index contributed by atoms with van der Waals surface area (Å²) in [6.45, 7) is 5.56. The van der Waals surface area contributed by atoms with E-state index in [0.29, 0.717) is 6.42 Å². The van der Waals surface area contributed by atoms with Crippen LogP contribution in [0.15, 0.2) is 91.5 Å². The van der Waals surface area contributed by atoms with Gasteiger partial charge in [0.25, 0.3) is 0 Å². The van der Waals surface area contributed by atoms with Crippen LogP contribution in [0.1, 0.15) is 38.2 Å². The van der Waals surface area contributed by atoms with E-state index >= 15 is 0 Å². The second kappa shape index (κ2) is 9.14. The second-order valence-corrected chi connectivity index (χ2v) is 8.65. The molecule has 1 atom stereocenters. The molecule has 164 valence electrons. The Bertz CT molecular complexity index is 1160. The molecule has 1 amide bonds. The Morgan fingerprint density at radius 3 is 2.41 bits per heavy atom. The number of carbonyl (C=O) groups is 1. The van der Waals surface area contributed by atoms with Gasteiger partial charge in [0.05, 0.1) is 6.04 Å². The van der Waals surface area contributed by atoms with Crippen molar-refractivity contribution in [3.05, 3.63) is 103 Å². The van der Waals surface area contributed by atoms with Gasteiger partial charge in [-0.25, -0.2) is 9.78 Å². The van der Waals surface area contributed by atoms with Crippen molar-refractivity contribution in [2.24, 2.45) is 0 Å². The van der Waals surface area contributed by atoms with Gasteiger partial charge in [-0.15, -0.1) is 0 Å². The van der Waals surface area contributed by atoms with Crippen LogP contribution < -0.4 is 5.32 Å². The smallest absolute Gasteiger partial charge is 0.408 e. The Kier molecular flexibility index (Phi) is 6.12. The number of carbonyl (C=O) groups excluding carboxylic acids is 1. The first-order valence-electron chi connectivity index (χ1n) is 10.7. The fourth-order valence-electron chi connectivity index (χ4n) is 3.61. The zero-order valence-electron chi connectivity index (χ0n) is 18.6. The quantitative estimate of drug-likeness (QED) is 0.443. The van der Waals surface area contributed by atoms with Crippen LogP contribution in [0.4, 0.5) is 4.79 Å². The molecule has 4 aromatic rings. The Hall–Kier alpha value is -3.80. The normalized spacial score (nSPS) is 12.3. The summed E-state index contributed by atoms with van der Waals surface area (Å²) in [6, 6.07) is 21.9. The number of hydrogen-bond donors (Lipinski definition) is 1. The van der Waals surface area contributed by atoms with Crippen molar-refractivity contribution in [2.45, 2.75) is 38.8 Å². The number of alkyl carbamates (subject to hydrolysis) is 1. The van der Waals surface area contributed by atoms with Crippen LogP contribution in [0, 0.1) is 0 Å². The van der Waals surface area contributed by atoms with Crippen molar-refractivity contribution < 1.29 is 9.53 Å². The minimum Gasteiger partial charge on any atom is -0.444 e. The fraction of sp³-hybridized carbons (Fsp3) is 0.231. The van der Waals surface area contributed by atoms with Crippen molar-refractivity contribution in [1.29, 1.82) is 0 Å². The predicted molar refractivity (Wildman–Crippen MR) is 125 cm³/mol. The van der Waals surface area contributed by atoms with Gasteiger partial charge in [0.1, 0.15) is 11.4 Å². The van der Waals surface area contributed by atoms with Gasteiger partial charge in [-0.1, -0.05) is 36.4 Å². The minimum atomic E-state index is -0.581. The van der Waals surface area contributed by atoms with E-state index in [-0.39, 0.29) is 6.04 Å². The highest BCUT2D eigenvalue weighted by Gasteiger charge is 2.24. The number of amides is 1. The maximum Gasteiger partial charge on any atom is 0.408 e. The minimum absolute atomic E-state index is 0.363. The molecule has 32 heavy (non-hydrogen) atoms. The van der Waals surface area contributed by atoms with Crippen molar-refractivity contribution >= 4 is 6.09 Å². The molecule has 6 heteroatoms. The SMILES string of the molecule is CC(C)(C)OC(=O)N[C@@H](Cc1ccccc1)c1nccn1-c1cccc(-n2cccc2)c1. The second-order valence-electron chi connectivity index (χ2n) is 8.65. The lowest BCUT2D eigenvalue weighted by Gasteiger charge is -2.24. The average Bonchev–Trinajstić information content (AvgIpc) is 3.45. The third kappa shape index (κ3) is 5.27. The molecule has 0 bridgehead atoms. The molecule has 0 saturated carbocycles. The molecule has 1 N–H and O–H groups in total. The highest BCUT2D eigenvalue weighted by Crippen LogP contribution is 2.23. The molecule has 0 spiro atoms. The van der Waals surface area contributed by atoms with Crippen LogP contribution in [0.2, 0.25) is 0 Å². The van der Waals surface area contributed by atoms with Gasteiger partial charge in [0.2, 0.25) is 0 Å². The zero-order chi connectivity index (χ0) is 22.6. The van der Waals surface area contributed by atoms with Gasteiger partial charge in [-0.2, -0.15) is 0 Å². The molecule has 2 aromatic carbocycles. The summed E-state index contributed by atoms with van der Waals surface area (Å²) < 4.78 is 9.60. The molecule has 0 fully saturated rings. The molecule has 0 radical (unpaired) electrons. The van der Waals surface area contributed by atoms with Gasteiger partial charge in [-0.3, -0.25) is 0 Å². The van der Waals surface area contributed by atoms with Gasteiger partial charge in [0, 0.05) is 42.6 Å². The number of imidazole rings is 1. The van der Waals surface area contributed by atoms with Crippen LogP contribution in [0.25, 0.3) is 11.4 Å². The van der Waals surface area contributed by atoms with Crippen molar-refractivity contribution in [3.63, 3.8) is 0 Å². The lowest BCUT2D eigenvalue weighted by Crippen LogP contribution is -2.36. The number of nitrogens with zero attached hydrogens (tertiary/aromatic N) is 3. The van der Waals surface area contributed by atoms with Gasteiger partial charge in [-0.05, 0) is 56.7 Å². The lowest BCUT2D eigenvalue weighted by atomic mass is 10.1. The summed E-state index contributed by atoms with van der Waals surface area (Å²) in [5, 5.41) is 3.03. The van der Waals surface area contributed by atoms with E-state index in [0.717, 1.165) is 22.8 Å². The van der Waals surface area contributed by atoms with E-state index in [2.05, 4.69) is 27.0 Å². The number of benzene rings is 2. The van der Waals surface area contributed by atoms with Crippen LogP contribution >= 0.6 is 0 Å². The van der Waals surface area contributed by atoms with Crippen molar-refractivity contribution in [1.82, 2.24) is 19.4 Å². The van der Waals surface area contributed by atoms with Crippen molar-refractivity contribution in [2.75, 3.05) is 0 Å². The fourth-order valence-corrected chi connectivity index (χ4v) is 3.61. The van der Waals surface area contributed by atoms with Crippen LogP contribution in [-0.4, -0.2) is 25.8 Å². The van der Waals surface area contributed by atoms with E-state index in [4.69, 9.17) is 4.74 Å². The first-order valence-corrected chi connectivity index (χ1v) is 10.7. The van der Waals surface area contributed by atoms with Gasteiger partial charge in [0.15, 0.2) is 0 Å². The van der Waals surface area contributed by atoms with Crippen LogP contribution in [0.3, 0.4) is 0 Å². The van der Waals surface area contributed by atoms with E-state index in [1.807, 2.05) is 98.5 Å². The van der Waals surface area contributed by atoms with Gasteiger partial charge >= 0.3 is 6.09 Å². The maximum absolute atomic E-state index is 12.6. The standard InChI is InChI=1S/C26H28N4O2/c1-26(2,3)32-25(31)28-23(18-20-10-5-4-6-11-20)24-27-14-17-30(24)22-13-9-12-21(19-22)29-15-7-8-16-29/h4-17,19,23H,18H2,1-3H3,(H,28,31)/t23-/m0/s1. The highest BCUT2D eigenvalue weighted by molar-refractivity contribution is 5.68. The molecule has 4 rings (SSSR count). The summed E-state index contributed by atoms with van der Waals surface area (Å²) in [4.78, 5) is 17.3. The number of rotatable bonds is 6. The molecule has 0 unspecified atom stereocenters. The Labute approximate surface area is 188 Å². The number of nitrogens with one attached hydrogen (secondary N) is 1. The average molecular weight is 429 g/mol. The molecule has 2 heterocycles. The number of aromatic nitrogens is 3. The third-order valence-corrected chi connectivity index (χ3v) is 4.97. The molecular weight excluding hydrogens is 400 g/mol. The maximum atomic E-state index is 12.6. The van der Waals surface area contributed by atoms with E-state index < -0.39 is 11.7 Å². The molecule has 2 aromatic heterocycles. The summed E-state index contributed by atoms with van der Waals surface area (Å²) in [5.41, 5.74) is 2.53. The van der Waals surface area contributed by atoms with E-state index in [1.54, 1.807) is 6.20 Å². The third-order valence-electron chi connectivity index (χ3n) is 4.97. The molecule has 0 aliphatic heterocycles. The van der Waals surface area contributed by atoms with Crippen LogP contribution in [0.5, 0.6) is 0 Å². The molecule has 0 aliphatic carbocycles. The summed E-state index contributed by atoms with van der Waals surface area (Å²) in [5.74, 6) is 0.740. The molecular formula is C26H28N4O2. The summed E-state index contributed by atoms with van der Waals surface area (Å²) in [6.07, 6.45) is 7.82. The topological polar surface area (TPSA) is 61.1 Å². The Balaban J connectivity index is 1.67. The molecule has 6 nitrogen and oxygen atoms in total. The molecule has 0 aliphatic rings. The summed E-state index contributed by atoms with van der Waals surface area (Å²) in [7, 11) is 0. The number of hydrogen-bond acceptors (Lipinski definition) is 3. The molecule has 0 saturated heterocycles. The Morgan fingerprint density at radius 2 is 1.69 bits per heavy atom. The number of ether oxygens (including phenoxy) is 1. The first kappa shape index (κ1) is 21.4. The largest absolute Gasteiger partial charge is 0.444 e. The zero-order valence-corrected chi connectivity index (χ0v) is 18.6. The Morgan fingerprint density at radius 1 is 0.969 bits per heavy atom. The monoisotopic (exact) mass is 428 g/mol. The van der Waals surface area contributed by atoms with Gasteiger partial charge < -0.3 is 19.2 Å². The van der Waals surface area contributed by atoms with Crippen molar-refractivity contribution in [3.8, 4) is 11.4 Å². The van der Waals surface area contributed by atoms with E-state index in [9.17, 15) is 4.79 Å². The first-order chi connectivity index (χ1) is 15.4. The van der Waals surface area contributed by atoms with E-state index in [1.165, 1.54) is 0 Å². The highest BCUT2D eigenvalue weighted by atomic mass is 16.6. The lowest BCUT2D eigenvalue weighted by molar-refractivity contribution is 0.0500. The van der Waals surface area contributed by atoms with Crippen LogP contribution in [-0.2, 0) is 11.2 Å².